The maximum absolute atomic E-state index is 4.06. The Hall–Kier alpha value is -0.0800. The third-order valence-electron chi connectivity index (χ3n) is 2.38. The van der Waals surface area contributed by atoms with Crippen LogP contribution in [0.4, 0.5) is 0 Å². The summed E-state index contributed by atoms with van der Waals surface area (Å²) in [6.07, 6.45) is 2.58. The quantitative estimate of drug-likeness (QED) is 0.554. The highest BCUT2D eigenvalue weighted by molar-refractivity contribution is 4.72. The lowest BCUT2D eigenvalue weighted by Crippen LogP contribution is -2.64. The number of hydrogen-bond donors (Lipinski definition) is 1. The average molecular weight is 143 g/mol. The molecule has 2 nitrogen and oxygen atoms in total. The van der Waals surface area contributed by atoms with Gasteiger partial charge in [-0.3, -0.25) is 0 Å². The highest BCUT2D eigenvalue weighted by atomic mass is 15.2. The van der Waals surface area contributed by atoms with E-state index in [0.29, 0.717) is 0 Å². The van der Waals surface area contributed by atoms with Gasteiger partial charge in [0.25, 0.3) is 0 Å². The van der Waals surface area contributed by atoms with Crippen LogP contribution in [0, 0.1) is 0 Å². The summed E-state index contributed by atoms with van der Waals surface area (Å²) in [5.41, 5.74) is 4.06. The fourth-order valence-corrected chi connectivity index (χ4v) is 1.47. The molecule has 0 amide bonds. The van der Waals surface area contributed by atoms with Gasteiger partial charge in [-0.05, 0) is 13.8 Å². The second kappa shape index (κ2) is 3.35. The fourth-order valence-electron chi connectivity index (χ4n) is 1.47. The van der Waals surface area contributed by atoms with Gasteiger partial charge >= 0.3 is 0 Å². The van der Waals surface area contributed by atoms with Crippen LogP contribution in [0.2, 0.25) is 0 Å². The Morgan fingerprint density at radius 1 is 1.30 bits per heavy atom. The molecule has 1 heterocycles. The van der Waals surface area contributed by atoms with Crippen molar-refractivity contribution in [1.29, 1.82) is 0 Å². The molecule has 1 rings (SSSR count). The van der Waals surface area contributed by atoms with Gasteiger partial charge in [0.05, 0.1) is 6.04 Å². The molecule has 0 spiro atoms. The monoisotopic (exact) mass is 143 g/mol. The molecule has 0 aromatic heterocycles. The highest BCUT2D eigenvalue weighted by Gasteiger charge is 2.19. The van der Waals surface area contributed by atoms with Gasteiger partial charge in [0, 0.05) is 32.0 Å². The predicted octanol–water partition coefficient (Wildman–Crippen LogP) is 0.101. The Bertz CT molecular complexity index is 93.4. The first-order valence-electron chi connectivity index (χ1n) is 4.27. The van der Waals surface area contributed by atoms with Gasteiger partial charge in [-0.15, -0.1) is 0 Å². The zero-order chi connectivity index (χ0) is 7.56. The van der Waals surface area contributed by atoms with Crippen LogP contribution < -0.4 is 5.73 Å². The summed E-state index contributed by atoms with van der Waals surface area (Å²) in [6, 6.07) is 1.45. The molecule has 3 N–H and O–H groups in total. The van der Waals surface area contributed by atoms with E-state index in [1.807, 2.05) is 0 Å². The molecular weight excluding hydrogens is 124 g/mol. The molecule has 10 heavy (non-hydrogen) atoms. The van der Waals surface area contributed by atoms with E-state index in [4.69, 9.17) is 0 Å². The van der Waals surface area contributed by atoms with Crippen LogP contribution in [0.1, 0.15) is 26.7 Å². The van der Waals surface area contributed by atoms with Crippen LogP contribution >= 0.6 is 0 Å². The lowest BCUT2D eigenvalue weighted by Gasteiger charge is -2.31. The normalized spacial score (nSPS) is 24.0. The van der Waals surface area contributed by atoms with Crippen molar-refractivity contribution in [2.75, 3.05) is 13.1 Å². The predicted molar refractivity (Wildman–Crippen MR) is 42.6 cm³/mol. The average Bonchev–Trinajstić information content (AvgIpc) is 1.88. The molecule has 0 radical (unpaired) electrons. The molecule has 0 bridgehead atoms. The van der Waals surface area contributed by atoms with E-state index in [0.717, 1.165) is 12.1 Å². The van der Waals surface area contributed by atoms with Crippen LogP contribution in [0.15, 0.2) is 0 Å². The summed E-state index contributed by atoms with van der Waals surface area (Å²) in [5.74, 6) is 0. The molecule has 0 aromatic carbocycles. The first kappa shape index (κ1) is 8.02. The standard InChI is InChI=1S/C8H18N2/c1-7(2)10-5-3-8(9)4-6-10/h7-8H,3-6,9H2,1-2H3/p+1. The summed E-state index contributed by atoms with van der Waals surface area (Å²) in [5, 5.41) is 0. The van der Waals surface area contributed by atoms with Crippen LogP contribution in [-0.2, 0) is 0 Å². The van der Waals surface area contributed by atoms with Crippen LogP contribution in [0.25, 0.3) is 0 Å². The van der Waals surface area contributed by atoms with Gasteiger partial charge < -0.3 is 10.6 Å². The van der Waals surface area contributed by atoms with E-state index in [1.54, 1.807) is 0 Å². The molecule has 0 aliphatic carbocycles. The Balaban J connectivity index is 2.26. The second-order valence-corrected chi connectivity index (χ2v) is 3.57. The SMILES string of the molecule is CC(C)N1CCC([NH3+])CC1. The van der Waals surface area contributed by atoms with Crippen molar-refractivity contribution in [2.24, 2.45) is 0 Å². The molecule has 0 aromatic rings. The van der Waals surface area contributed by atoms with E-state index in [2.05, 4.69) is 24.5 Å². The van der Waals surface area contributed by atoms with E-state index in [1.165, 1.54) is 25.9 Å². The van der Waals surface area contributed by atoms with Crippen molar-refractivity contribution in [3.8, 4) is 0 Å². The number of rotatable bonds is 1. The Morgan fingerprint density at radius 3 is 2.20 bits per heavy atom. The van der Waals surface area contributed by atoms with Crippen molar-refractivity contribution in [3.05, 3.63) is 0 Å². The number of quaternary nitrogens is 1. The van der Waals surface area contributed by atoms with Crippen LogP contribution in [-0.4, -0.2) is 30.1 Å². The Kier molecular flexibility index (Phi) is 2.69. The van der Waals surface area contributed by atoms with E-state index >= 15 is 0 Å². The van der Waals surface area contributed by atoms with Crippen molar-refractivity contribution in [2.45, 2.75) is 38.8 Å². The highest BCUT2D eigenvalue weighted by Crippen LogP contribution is 2.09. The Labute approximate surface area is 63.4 Å². The fraction of sp³-hybridized carbons (Fsp3) is 1.00. The molecule has 1 aliphatic heterocycles. The van der Waals surface area contributed by atoms with E-state index in [9.17, 15) is 0 Å². The first-order chi connectivity index (χ1) is 4.70. The van der Waals surface area contributed by atoms with Gasteiger partial charge in [0.1, 0.15) is 0 Å². The van der Waals surface area contributed by atoms with Gasteiger partial charge in [-0.1, -0.05) is 0 Å². The smallest absolute Gasteiger partial charge is 0.0868 e. The summed E-state index contributed by atoms with van der Waals surface area (Å²) in [7, 11) is 0. The van der Waals surface area contributed by atoms with Gasteiger partial charge in [0.2, 0.25) is 0 Å². The molecule has 1 aliphatic rings. The van der Waals surface area contributed by atoms with Crippen LogP contribution in [0.3, 0.4) is 0 Å². The summed E-state index contributed by atoms with van der Waals surface area (Å²) in [6.45, 7) is 7.05. The van der Waals surface area contributed by atoms with Gasteiger partial charge in [-0.25, -0.2) is 0 Å². The summed E-state index contributed by atoms with van der Waals surface area (Å²) in [4.78, 5) is 2.53. The first-order valence-corrected chi connectivity index (χ1v) is 4.27. The minimum absolute atomic E-state index is 0.718. The molecule has 0 saturated carbocycles. The van der Waals surface area contributed by atoms with Crippen molar-refractivity contribution in [3.63, 3.8) is 0 Å². The number of nitrogens with zero attached hydrogens (tertiary/aromatic N) is 1. The topological polar surface area (TPSA) is 30.9 Å². The molecular formula is C8H19N2+. The molecule has 1 fully saturated rings. The molecule has 0 atom stereocenters. The zero-order valence-electron chi connectivity index (χ0n) is 7.14. The van der Waals surface area contributed by atoms with Gasteiger partial charge in [-0.2, -0.15) is 0 Å². The molecule has 2 heteroatoms. The van der Waals surface area contributed by atoms with Crippen molar-refractivity contribution in [1.82, 2.24) is 4.90 Å². The second-order valence-electron chi connectivity index (χ2n) is 3.57. The number of likely N-dealkylation sites (tertiary alicyclic amines) is 1. The minimum atomic E-state index is 0.718. The number of hydrogen-bond acceptors (Lipinski definition) is 1. The minimum Gasteiger partial charge on any atom is -0.355 e. The molecule has 0 unspecified atom stereocenters. The lowest BCUT2D eigenvalue weighted by atomic mass is 10.1. The third kappa shape index (κ3) is 1.96. The van der Waals surface area contributed by atoms with Gasteiger partial charge in [0.15, 0.2) is 0 Å². The summed E-state index contributed by atoms with van der Waals surface area (Å²) >= 11 is 0. The maximum Gasteiger partial charge on any atom is 0.0868 e. The zero-order valence-corrected chi connectivity index (χ0v) is 7.14. The third-order valence-corrected chi connectivity index (χ3v) is 2.38. The molecule has 1 saturated heterocycles. The van der Waals surface area contributed by atoms with Crippen molar-refractivity contribution >= 4 is 0 Å². The Morgan fingerprint density at radius 2 is 1.80 bits per heavy atom. The maximum atomic E-state index is 4.06. The van der Waals surface area contributed by atoms with E-state index < -0.39 is 0 Å². The summed E-state index contributed by atoms with van der Waals surface area (Å²) < 4.78 is 0. The molecule has 60 valence electrons. The lowest BCUT2D eigenvalue weighted by molar-refractivity contribution is -0.426. The van der Waals surface area contributed by atoms with Crippen LogP contribution in [0.5, 0.6) is 0 Å². The van der Waals surface area contributed by atoms with Crippen molar-refractivity contribution < 1.29 is 5.73 Å². The largest absolute Gasteiger partial charge is 0.355 e. The van der Waals surface area contributed by atoms with E-state index in [-0.39, 0.29) is 0 Å². The number of piperidine rings is 1.